The van der Waals surface area contributed by atoms with Crippen molar-refractivity contribution in [1.82, 2.24) is 30.2 Å². The van der Waals surface area contributed by atoms with Gasteiger partial charge in [-0.05, 0) is 28.3 Å². The number of aromatic amines is 1. The largest absolute Gasteiger partial charge is 0.311 e. The number of nitrogens with zero attached hydrogens (tertiary/aromatic N) is 6. The number of hydrogen-bond donors (Lipinski definition) is 1. The average Bonchev–Trinajstić information content (AvgIpc) is 3.38. The fraction of sp³-hybridized carbons (Fsp3) is 0.111. The van der Waals surface area contributed by atoms with E-state index < -0.39 is 5.56 Å². The van der Waals surface area contributed by atoms with Gasteiger partial charge in [0.25, 0.3) is 11.2 Å². The van der Waals surface area contributed by atoms with E-state index >= 15 is 0 Å². The van der Waals surface area contributed by atoms with Gasteiger partial charge in [-0.15, -0.1) is 21.5 Å². The molecule has 1 N–H and O–H groups in total. The molecule has 0 radical (unpaired) electrons. The summed E-state index contributed by atoms with van der Waals surface area (Å²) in [5.74, 6) is 1.15. The number of rotatable bonds is 5. The van der Waals surface area contributed by atoms with Crippen LogP contribution in [0.5, 0.6) is 0 Å². The van der Waals surface area contributed by atoms with E-state index in [0.717, 1.165) is 16.0 Å². The lowest BCUT2D eigenvalue weighted by atomic mass is 10.1. The molecule has 0 saturated carbocycles. The summed E-state index contributed by atoms with van der Waals surface area (Å²) in [7, 11) is 1.72. The van der Waals surface area contributed by atoms with Crippen LogP contribution in [0.2, 0.25) is 0 Å². The second kappa shape index (κ2) is 7.75. The van der Waals surface area contributed by atoms with Crippen LogP contribution in [0.1, 0.15) is 5.56 Å². The van der Waals surface area contributed by atoms with Crippen molar-refractivity contribution in [3.8, 4) is 22.0 Å². The van der Waals surface area contributed by atoms with Crippen LogP contribution in [0, 0.1) is 6.57 Å². The molecule has 10 heteroatoms. The van der Waals surface area contributed by atoms with Gasteiger partial charge in [0.15, 0.2) is 5.16 Å². The Morgan fingerprint density at radius 3 is 2.93 bits per heavy atom. The topological polar surface area (TPSA) is 93.7 Å². The summed E-state index contributed by atoms with van der Waals surface area (Å²) in [5, 5.41) is 14.5. The first-order valence-corrected chi connectivity index (χ1v) is 10.0. The van der Waals surface area contributed by atoms with E-state index in [1.54, 1.807) is 7.05 Å². The molecule has 0 fully saturated rings. The van der Waals surface area contributed by atoms with Crippen LogP contribution in [-0.2, 0) is 12.8 Å². The monoisotopic (exact) mass is 407 g/mol. The highest BCUT2D eigenvalue weighted by Crippen LogP contribution is 2.31. The Morgan fingerprint density at radius 1 is 1.32 bits per heavy atom. The molecule has 1 aromatic carbocycles. The number of H-pyrrole nitrogens is 1. The molecule has 0 saturated heterocycles. The van der Waals surface area contributed by atoms with Crippen LogP contribution in [0.15, 0.2) is 51.7 Å². The van der Waals surface area contributed by atoms with Crippen LogP contribution in [0.4, 0.5) is 5.69 Å². The lowest BCUT2D eigenvalue weighted by molar-refractivity contribution is 0.630. The molecule has 0 aliphatic carbocycles. The van der Waals surface area contributed by atoms with Gasteiger partial charge < -0.3 is 4.98 Å². The quantitative estimate of drug-likeness (QED) is 0.309. The van der Waals surface area contributed by atoms with E-state index in [0.29, 0.717) is 22.4 Å². The van der Waals surface area contributed by atoms with Gasteiger partial charge in [-0.25, -0.2) is 9.83 Å². The minimum absolute atomic E-state index is 0.0162. The summed E-state index contributed by atoms with van der Waals surface area (Å²) in [6, 6.07) is 11.5. The number of thiophene rings is 1. The number of aryl methyl sites for hydroxylation is 1. The van der Waals surface area contributed by atoms with Crippen molar-refractivity contribution >= 4 is 28.8 Å². The maximum absolute atomic E-state index is 12.3. The molecule has 0 aliphatic rings. The Bertz CT molecular complexity index is 1220. The van der Waals surface area contributed by atoms with Gasteiger partial charge in [-0.1, -0.05) is 36.0 Å². The van der Waals surface area contributed by atoms with Crippen LogP contribution in [-0.4, -0.2) is 30.2 Å². The predicted molar refractivity (Wildman–Crippen MR) is 108 cm³/mol. The molecule has 0 aliphatic heterocycles. The maximum Gasteiger partial charge on any atom is 0.276 e. The first-order chi connectivity index (χ1) is 13.6. The molecule has 4 aromatic rings. The Hall–Kier alpha value is -3.29. The fourth-order valence-electron chi connectivity index (χ4n) is 2.56. The minimum Gasteiger partial charge on any atom is -0.311 e. The zero-order chi connectivity index (χ0) is 19.5. The number of nitrogens with one attached hydrogen (secondary N) is 1. The van der Waals surface area contributed by atoms with Gasteiger partial charge >= 0.3 is 0 Å². The van der Waals surface area contributed by atoms with Crippen molar-refractivity contribution in [3.63, 3.8) is 0 Å². The number of thioether (sulfide) groups is 1. The van der Waals surface area contributed by atoms with Gasteiger partial charge in [-0.3, -0.25) is 4.79 Å². The van der Waals surface area contributed by atoms with Crippen LogP contribution in [0.3, 0.4) is 0 Å². The number of aromatic nitrogens is 6. The Morgan fingerprint density at radius 2 is 2.21 bits per heavy atom. The molecule has 3 aromatic heterocycles. The van der Waals surface area contributed by atoms with E-state index in [4.69, 9.17) is 6.57 Å². The minimum atomic E-state index is -0.423. The molecule has 0 spiro atoms. The van der Waals surface area contributed by atoms with E-state index in [1.807, 2.05) is 41.8 Å². The summed E-state index contributed by atoms with van der Waals surface area (Å²) in [4.78, 5) is 25.1. The van der Waals surface area contributed by atoms with E-state index in [9.17, 15) is 4.79 Å². The highest BCUT2D eigenvalue weighted by Gasteiger charge is 2.15. The SMILES string of the molecule is [C-]#[N+]c1c(-c2cccs2)nc(SCc2cccc(-c3nnn(C)n3)c2)[nH]c1=O. The van der Waals surface area contributed by atoms with Crippen molar-refractivity contribution in [2.45, 2.75) is 10.9 Å². The zero-order valence-corrected chi connectivity index (χ0v) is 16.3. The average molecular weight is 407 g/mol. The molecule has 138 valence electrons. The van der Waals surface area contributed by atoms with Gasteiger partial charge in [-0.2, -0.15) is 4.80 Å². The molecular formula is C18H13N7OS2. The van der Waals surface area contributed by atoms with Gasteiger partial charge in [0.1, 0.15) is 0 Å². The number of hydrogen-bond acceptors (Lipinski definition) is 7. The summed E-state index contributed by atoms with van der Waals surface area (Å²) < 4.78 is 0. The summed E-state index contributed by atoms with van der Waals surface area (Å²) in [6.45, 7) is 7.29. The summed E-state index contributed by atoms with van der Waals surface area (Å²) >= 11 is 2.85. The van der Waals surface area contributed by atoms with Crippen molar-refractivity contribution in [1.29, 1.82) is 0 Å². The normalized spacial score (nSPS) is 10.7. The highest BCUT2D eigenvalue weighted by molar-refractivity contribution is 7.98. The van der Waals surface area contributed by atoms with Crippen molar-refractivity contribution in [3.05, 3.63) is 69.1 Å². The third-order valence-electron chi connectivity index (χ3n) is 3.81. The van der Waals surface area contributed by atoms with Crippen molar-refractivity contribution in [2.75, 3.05) is 0 Å². The lowest BCUT2D eigenvalue weighted by Gasteiger charge is -2.06. The predicted octanol–water partition coefficient (Wildman–Crippen LogP) is 3.53. The van der Waals surface area contributed by atoms with E-state index in [-0.39, 0.29) is 5.69 Å². The molecule has 4 rings (SSSR count). The highest BCUT2D eigenvalue weighted by atomic mass is 32.2. The molecule has 8 nitrogen and oxygen atoms in total. The molecule has 0 bridgehead atoms. The smallest absolute Gasteiger partial charge is 0.276 e. The summed E-state index contributed by atoms with van der Waals surface area (Å²) in [6.07, 6.45) is 0. The molecule has 3 heterocycles. The second-order valence-corrected chi connectivity index (χ2v) is 7.66. The second-order valence-electron chi connectivity index (χ2n) is 5.75. The Balaban J connectivity index is 1.59. The van der Waals surface area contributed by atoms with Crippen LogP contribution < -0.4 is 5.56 Å². The third kappa shape index (κ3) is 3.71. The van der Waals surface area contributed by atoms with Crippen molar-refractivity contribution in [2.24, 2.45) is 7.05 Å². The Kier molecular flexibility index (Phi) is 5.01. The molecule has 28 heavy (non-hydrogen) atoms. The van der Waals surface area contributed by atoms with Gasteiger partial charge in [0.2, 0.25) is 5.82 Å². The first kappa shape index (κ1) is 18.1. The van der Waals surface area contributed by atoms with Crippen molar-refractivity contribution < 1.29 is 0 Å². The molecule has 0 unspecified atom stereocenters. The van der Waals surface area contributed by atoms with E-state index in [1.165, 1.54) is 27.9 Å². The molecule has 0 amide bonds. The van der Waals surface area contributed by atoms with Crippen LogP contribution >= 0.6 is 23.1 Å². The Labute approximate surface area is 168 Å². The number of benzene rings is 1. The fourth-order valence-corrected chi connectivity index (χ4v) is 4.07. The lowest BCUT2D eigenvalue weighted by Crippen LogP contribution is -2.09. The zero-order valence-electron chi connectivity index (χ0n) is 14.7. The van der Waals surface area contributed by atoms with Gasteiger partial charge in [0.05, 0.1) is 19.3 Å². The van der Waals surface area contributed by atoms with E-state index in [2.05, 4.69) is 30.2 Å². The number of tetrazole rings is 1. The summed E-state index contributed by atoms with van der Waals surface area (Å²) in [5.41, 5.74) is 1.92. The third-order valence-corrected chi connectivity index (χ3v) is 5.63. The van der Waals surface area contributed by atoms with Crippen LogP contribution in [0.25, 0.3) is 26.8 Å². The molecule has 0 atom stereocenters. The molecular weight excluding hydrogens is 394 g/mol. The van der Waals surface area contributed by atoms with Gasteiger partial charge in [0, 0.05) is 16.2 Å². The maximum atomic E-state index is 12.3. The standard InChI is InChI=1S/C18H13N7OS2/c1-19-15-14(13-7-4-8-27-13)20-18(21-17(15)26)28-10-11-5-3-6-12(9-11)16-22-24-25(2)23-16/h3-9H,10H2,2H3,(H,20,21,26). The first-order valence-electron chi connectivity index (χ1n) is 8.16.